The van der Waals surface area contributed by atoms with Gasteiger partial charge in [-0.1, -0.05) is 0 Å². The summed E-state index contributed by atoms with van der Waals surface area (Å²) in [5.41, 5.74) is 0.140. The highest BCUT2D eigenvalue weighted by atomic mass is 32.2. The smallest absolute Gasteiger partial charge is 0.481 e. The molecule has 0 saturated carbocycles. The first-order valence-corrected chi connectivity index (χ1v) is 7.78. The van der Waals surface area contributed by atoms with Gasteiger partial charge in [-0.05, 0) is 24.3 Å². The Hall–Kier alpha value is -2.23. The molecular formula is C14H12F3NO5S. The first-order valence-electron chi connectivity index (χ1n) is 6.73. The first kappa shape index (κ1) is 18.1. The van der Waals surface area contributed by atoms with Gasteiger partial charge in [-0.2, -0.15) is 0 Å². The molecule has 0 aliphatic carbocycles. The Morgan fingerprint density at radius 3 is 2.46 bits per heavy atom. The van der Waals surface area contributed by atoms with E-state index in [0.29, 0.717) is 0 Å². The fourth-order valence-electron chi connectivity index (χ4n) is 2.09. The molecule has 0 bridgehead atoms. The fraction of sp³-hybridized carbons (Fsp3) is 0.357. The van der Waals surface area contributed by atoms with Crippen molar-refractivity contribution < 1.29 is 37.4 Å². The maximum atomic E-state index is 12.2. The van der Waals surface area contributed by atoms with Crippen LogP contribution in [0.5, 0.6) is 5.75 Å². The van der Waals surface area contributed by atoms with Crippen LogP contribution in [-0.4, -0.2) is 40.3 Å². The molecule has 0 unspecified atom stereocenters. The SMILES string of the molecule is O=C(O)CCS[C@H]1CC(=O)N(c2ccc(OC(F)(F)F)cc2)C1=O. The van der Waals surface area contributed by atoms with E-state index in [2.05, 4.69) is 4.74 Å². The van der Waals surface area contributed by atoms with Gasteiger partial charge in [-0.3, -0.25) is 14.4 Å². The first-order chi connectivity index (χ1) is 11.2. The molecule has 24 heavy (non-hydrogen) atoms. The number of carboxylic acid groups (broad SMARTS) is 1. The number of amides is 2. The second kappa shape index (κ2) is 7.12. The molecule has 0 aromatic heterocycles. The van der Waals surface area contributed by atoms with E-state index in [0.717, 1.165) is 28.8 Å². The van der Waals surface area contributed by atoms with Gasteiger partial charge in [0, 0.05) is 12.2 Å². The van der Waals surface area contributed by atoms with Gasteiger partial charge in [-0.15, -0.1) is 24.9 Å². The van der Waals surface area contributed by atoms with Crippen molar-refractivity contribution in [2.24, 2.45) is 0 Å². The second-order valence-electron chi connectivity index (χ2n) is 4.82. The molecule has 130 valence electrons. The summed E-state index contributed by atoms with van der Waals surface area (Å²) in [7, 11) is 0. The van der Waals surface area contributed by atoms with Crippen molar-refractivity contribution in [2.75, 3.05) is 10.7 Å². The lowest BCUT2D eigenvalue weighted by Gasteiger charge is -2.16. The number of hydrogen-bond donors (Lipinski definition) is 1. The number of benzene rings is 1. The van der Waals surface area contributed by atoms with Crippen LogP contribution in [0, 0.1) is 0 Å². The van der Waals surface area contributed by atoms with Crippen molar-refractivity contribution in [2.45, 2.75) is 24.5 Å². The second-order valence-corrected chi connectivity index (χ2v) is 6.13. The van der Waals surface area contributed by atoms with Gasteiger partial charge >= 0.3 is 12.3 Å². The summed E-state index contributed by atoms with van der Waals surface area (Å²) >= 11 is 1.07. The van der Waals surface area contributed by atoms with Gasteiger partial charge in [0.2, 0.25) is 11.8 Å². The molecule has 6 nitrogen and oxygen atoms in total. The van der Waals surface area contributed by atoms with Gasteiger partial charge in [0.05, 0.1) is 17.4 Å². The van der Waals surface area contributed by atoms with Crippen molar-refractivity contribution >= 4 is 35.2 Å². The third kappa shape index (κ3) is 4.63. The van der Waals surface area contributed by atoms with Gasteiger partial charge in [0.1, 0.15) is 5.75 Å². The normalized spacial score (nSPS) is 18.1. The van der Waals surface area contributed by atoms with Crippen LogP contribution in [0.4, 0.5) is 18.9 Å². The quantitative estimate of drug-likeness (QED) is 0.782. The molecule has 1 aromatic rings. The average Bonchev–Trinajstić information content (AvgIpc) is 2.73. The van der Waals surface area contributed by atoms with Gasteiger partial charge in [0.25, 0.3) is 0 Å². The molecular weight excluding hydrogens is 351 g/mol. The summed E-state index contributed by atoms with van der Waals surface area (Å²) in [5, 5.41) is 7.88. The lowest BCUT2D eigenvalue weighted by atomic mass is 10.3. The molecule has 1 fully saturated rings. The molecule has 0 spiro atoms. The molecule has 1 saturated heterocycles. The highest BCUT2D eigenvalue weighted by Crippen LogP contribution is 2.31. The van der Waals surface area contributed by atoms with Crippen molar-refractivity contribution in [3.8, 4) is 5.75 Å². The number of thioether (sulfide) groups is 1. The number of hydrogen-bond acceptors (Lipinski definition) is 5. The molecule has 1 heterocycles. The van der Waals surface area contributed by atoms with E-state index in [9.17, 15) is 27.6 Å². The standard InChI is InChI=1S/C14H12F3NO5S/c15-14(16,17)23-9-3-1-8(2-4-9)18-11(19)7-10(13(18)22)24-6-5-12(20)21/h1-4,10H,5-7H2,(H,20,21)/t10-/m0/s1. The number of carbonyl (C=O) groups excluding carboxylic acids is 2. The number of ether oxygens (including phenoxy) is 1. The van der Waals surface area contributed by atoms with E-state index in [1.165, 1.54) is 12.1 Å². The molecule has 2 rings (SSSR count). The van der Waals surface area contributed by atoms with Crippen LogP contribution in [0.1, 0.15) is 12.8 Å². The van der Waals surface area contributed by atoms with Crippen molar-refractivity contribution in [1.82, 2.24) is 0 Å². The van der Waals surface area contributed by atoms with E-state index in [1.54, 1.807) is 0 Å². The largest absolute Gasteiger partial charge is 0.573 e. The zero-order valence-corrected chi connectivity index (χ0v) is 12.9. The zero-order chi connectivity index (χ0) is 17.9. The highest BCUT2D eigenvalue weighted by Gasteiger charge is 2.40. The fourth-order valence-corrected chi connectivity index (χ4v) is 3.18. The molecule has 1 aliphatic rings. The van der Waals surface area contributed by atoms with Crippen LogP contribution in [0.2, 0.25) is 0 Å². The van der Waals surface area contributed by atoms with Crippen molar-refractivity contribution in [3.63, 3.8) is 0 Å². The van der Waals surface area contributed by atoms with Crippen molar-refractivity contribution in [1.29, 1.82) is 0 Å². The monoisotopic (exact) mass is 363 g/mol. The van der Waals surface area contributed by atoms with E-state index in [-0.39, 0.29) is 24.3 Å². The number of anilines is 1. The van der Waals surface area contributed by atoms with Crippen molar-refractivity contribution in [3.05, 3.63) is 24.3 Å². The number of carboxylic acids is 1. The average molecular weight is 363 g/mol. The Kier molecular flexibility index (Phi) is 5.37. The molecule has 1 aromatic carbocycles. The van der Waals surface area contributed by atoms with Crippen LogP contribution in [0.15, 0.2) is 24.3 Å². The molecule has 2 amide bonds. The number of rotatable bonds is 6. The third-order valence-electron chi connectivity index (χ3n) is 3.07. The van der Waals surface area contributed by atoms with Gasteiger partial charge in [0.15, 0.2) is 0 Å². The Morgan fingerprint density at radius 2 is 1.92 bits per heavy atom. The third-order valence-corrected chi connectivity index (χ3v) is 4.28. The zero-order valence-electron chi connectivity index (χ0n) is 12.1. The van der Waals surface area contributed by atoms with Crippen LogP contribution in [0.25, 0.3) is 0 Å². The number of carbonyl (C=O) groups is 3. The van der Waals surface area contributed by atoms with E-state index in [1.807, 2.05) is 0 Å². The van der Waals surface area contributed by atoms with Crippen LogP contribution in [-0.2, 0) is 14.4 Å². The number of halogens is 3. The van der Waals surface area contributed by atoms with Crippen LogP contribution >= 0.6 is 11.8 Å². The minimum Gasteiger partial charge on any atom is -0.481 e. The maximum absolute atomic E-state index is 12.2. The predicted molar refractivity (Wildman–Crippen MR) is 78.7 cm³/mol. The Morgan fingerprint density at radius 1 is 1.29 bits per heavy atom. The molecule has 1 aliphatic heterocycles. The van der Waals surface area contributed by atoms with Gasteiger partial charge < -0.3 is 9.84 Å². The van der Waals surface area contributed by atoms with E-state index < -0.39 is 35.1 Å². The Labute approximate surface area is 138 Å². The predicted octanol–water partition coefficient (Wildman–Crippen LogP) is 2.43. The number of alkyl halides is 3. The van der Waals surface area contributed by atoms with E-state index >= 15 is 0 Å². The topological polar surface area (TPSA) is 83.9 Å². The number of aliphatic carboxylic acids is 1. The number of imide groups is 1. The van der Waals surface area contributed by atoms with Crippen LogP contribution in [0.3, 0.4) is 0 Å². The molecule has 1 atom stereocenters. The summed E-state index contributed by atoms with van der Waals surface area (Å²) in [6, 6.07) is 4.38. The highest BCUT2D eigenvalue weighted by molar-refractivity contribution is 8.00. The maximum Gasteiger partial charge on any atom is 0.573 e. The Balaban J connectivity index is 2.04. The summed E-state index contributed by atoms with van der Waals surface area (Å²) in [6.45, 7) is 0. The van der Waals surface area contributed by atoms with Crippen LogP contribution < -0.4 is 9.64 Å². The van der Waals surface area contributed by atoms with Gasteiger partial charge in [-0.25, -0.2) is 4.90 Å². The summed E-state index contributed by atoms with van der Waals surface area (Å²) in [5.74, 6) is -2.28. The summed E-state index contributed by atoms with van der Waals surface area (Å²) in [6.07, 6.45) is -5.04. The molecule has 1 N–H and O–H groups in total. The summed E-state index contributed by atoms with van der Waals surface area (Å²) in [4.78, 5) is 35.6. The minimum atomic E-state index is -4.83. The minimum absolute atomic E-state index is 0.0794. The Bertz CT molecular complexity index is 647. The molecule has 10 heteroatoms. The lowest BCUT2D eigenvalue weighted by Crippen LogP contribution is -2.31. The molecule has 0 radical (unpaired) electrons. The van der Waals surface area contributed by atoms with E-state index in [4.69, 9.17) is 5.11 Å². The lowest BCUT2D eigenvalue weighted by molar-refractivity contribution is -0.274. The number of nitrogens with zero attached hydrogens (tertiary/aromatic N) is 1. The summed E-state index contributed by atoms with van der Waals surface area (Å²) < 4.78 is 40.0.